The molecule has 0 aliphatic carbocycles. The molecule has 5 nitrogen and oxygen atoms in total. The third-order valence-corrected chi connectivity index (χ3v) is 3.26. The second-order valence-electron chi connectivity index (χ2n) is 3.56. The maximum Gasteiger partial charge on any atom is 0.328 e. The van der Waals surface area contributed by atoms with E-state index in [0.29, 0.717) is 0 Å². The number of hydrogen-bond acceptors (Lipinski definition) is 4. The zero-order chi connectivity index (χ0) is 12.4. The lowest BCUT2D eigenvalue weighted by molar-refractivity contribution is -0.131. The number of carboxylic acid groups (broad SMARTS) is 1. The Bertz CT molecular complexity index is 570. The molecule has 0 atom stereocenters. The molecule has 2 rings (SSSR count). The number of hydrogen-bond donors (Lipinski definition) is 1. The van der Waals surface area contributed by atoms with E-state index in [2.05, 4.69) is 4.98 Å². The van der Waals surface area contributed by atoms with Crippen LogP contribution in [0, 0.1) is 0 Å². The van der Waals surface area contributed by atoms with Crippen LogP contribution in [0.1, 0.15) is 12.6 Å². The lowest BCUT2D eigenvalue weighted by atomic mass is 10.3. The van der Waals surface area contributed by atoms with Crippen LogP contribution >= 0.6 is 11.3 Å². The number of aliphatic carboxylic acids is 1. The highest BCUT2D eigenvalue weighted by molar-refractivity contribution is 7.15. The molecule has 2 heterocycles. The summed E-state index contributed by atoms with van der Waals surface area (Å²) in [6.45, 7) is 2.84. The van der Waals surface area contributed by atoms with Gasteiger partial charge in [-0.05, 0) is 13.0 Å². The second-order valence-corrected chi connectivity index (χ2v) is 4.43. The van der Waals surface area contributed by atoms with Crippen LogP contribution in [0.25, 0.3) is 11.0 Å². The summed E-state index contributed by atoms with van der Waals surface area (Å²) in [6, 6.07) is 0. The fourth-order valence-electron chi connectivity index (χ4n) is 1.53. The fourth-order valence-corrected chi connectivity index (χ4v) is 2.24. The predicted octanol–water partition coefficient (Wildman–Crippen LogP) is 1.95. The minimum absolute atomic E-state index is 0.799. The Morgan fingerprint density at radius 2 is 2.47 bits per heavy atom. The molecule has 90 valence electrons. The van der Waals surface area contributed by atoms with Crippen molar-refractivity contribution in [2.45, 2.75) is 6.92 Å². The lowest BCUT2D eigenvalue weighted by Gasteiger charge is -2.14. The third kappa shape index (κ3) is 2.16. The van der Waals surface area contributed by atoms with Crippen molar-refractivity contribution >= 4 is 34.2 Å². The van der Waals surface area contributed by atoms with E-state index in [-0.39, 0.29) is 0 Å². The van der Waals surface area contributed by atoms with E-state index in [9.17, 15) is 4.79 Å². The van der Waals surface area contributed by atoms with Gasteiger partial charge in [0, 0.05) is 31.2 Å². The van der Waals surface area contributed by atoms with Crippen LogP contribution in [0.5, 0.6) is 0 Å². The molecule has 0 saturated carbocycles. The second kappa shape index (κ2) is 4.58. The minimum Gasteiger partial charge on any atom is -0.478 e. The number of fused-ring (bicyclic) bond motifs is 1. The summed E-state index contributed by atoms with van der Waals surface area (Å²) < 4.78 is 1.89. The van der Waals surface area contributed by atoms with Crippen molar-refractivity contribution in [1.82, 2.24) is 9.38 Å². The van der Waals surface area contributed by atoms with Gasteiger partial charge in [0.15, 0.2) is 10.8 Å². The van der Waals surface area contributed by atoms with Crippen molar-refractivity contribution in [3.8, 4) is 0 Å². The Morgan fingerprint density at radius 1 is 1.71 bits per heavy atom. The molecule has 1 N–H and O–H groups in total. The van der Waals surface area contributed by atoms with Crippen molar-refractivity contribution < 1.29 is 9.90 Å². The molecule has 2 aromatic rings. The van der Waals surface area contributed by atoms with Crippen molar-refractivity contribution in [2.75, 3.05) is 18.5 Å². The first-order valence-electron chi connectivity index (χ1n) is 5.21. The first-order chi connectivity index (χ1) is 8.13. The van der Waals surface area contributed by atoms with Crippen LogP contribution < -0.4 is 4.90 Å². The monoisotopic (exact) mass is 251 g/mol. The highest BCUT2D eigenvalue weighted by atomic mass is 32.1. The van der Waals surface area contributed by atoms with Gasteiger partial charge < -0.3 is 10.0 Å². The Morgan fingerprint density at radius 3 is 3.12 bits per heavy atom. The molecule has 0 saturated heterocycles. The summed E-state index contributed by atoms with van der Waals surface area (Å²) in [5.41, 5.74) is 0.799. The van der Waals surface area contributed by atoms with Gasteiger partial charge in [-0.2, -0.15) is 0 Å². The van der Waals surface area contributed by atoms with E-state index >= 15 is 0 Å². The molecule has 2 aromatic heterocycles. The molecule has 0 aliphatic heterocycles. The van der Waals surface area contributed by atoms with Gasteiger partial charge in [0.25, 0.3) is 0 Å². The minimum atomic E-state index is -0.958. The molecule has 0 radical (unpaired) electrons. The molecule has 0 amide bonds. The maximum absolute atomic E-state index is 10.6. The first kappa shape index (κ1) is 11.7. The smallest absolute Gasteiger partial charge is 0.328 e. The largest absolute Gasteiger partial charge is 0.478 e. The van der Waals surface area contributed by atoms with Crippen molar-refractivity contribution in [3.63, 3.8) is 0 Å². The molecule has 0 aromatic carbocycles. The van der Waals surface area contributed by atoms with Gasteiger partial charge >= 0.3 is 5.97 Å². The predicted molar refractivity (Wildman–Crippen MR) is 68.7 cm³/mol. The zero-order valence-electron chi connectivity index (χ0n) is 9.62. The summed E-state index contributed by atoms with van der Waals surface area (Å²) in [5.74, 6) is -0.155. The van der Waals surface area contributed by atoms with Gasteiger partial charge in [-0.25, -0.2) is 9.78 Å². The summed E-state index contributed by atoms with van der Waals surface area (Å²) >= 11 is 1.53. The van der Waals surface area contributed by atoms with Crippen LogP contribution in [0.15, 0.2) is 17.7 Å². The normalized spacial score (nSPS) is 11.4. The van der Waals surface area contributed by atoms with Gasteiger partial charge in [0.2, 0.25) is 0 Å². The standard InChI is InChI=1S/C11H13N3O2S/c1-3-13(2)10-8(4-5-9(15)16)14-6-7-17-11(14)12-10/h4-7H,3H2,1-2H3,(H,15,16)/b5-4+. The number of anilines is 1. The number of imidazole rings is 1. The van der Waals surface area contributed by atoms with Crippen molar-refractivity contribution in [1.29, 1.82) is 0 Å². The summed E-state index contributed by atoms with van der Waals surface area (Å²) in [4.78, 5) is 17.9. The average molecular weight is 251 g/mol. The van der Waals surface area contributed by atoms with Crippen LogP contribution in [0.2, 0.25) is 0 Å². The van der Waals surface area contributed by atoms with E-state index in [1.165, 1.54) is 11.3 Å². The number of carbonyl (C=O) groups is 1. The molecular formula is C11H13N3O2S. The Kier molecular flexibility index (Phi) is 3.14. The number of aromatic nitrogens is 2. The summed E-state index contributed by atoms with van der Waals surface area (Å²) in [6.07, 6.45) is 4.60. The molecule has 17 heavy (non-hydrogen) atoms. The number of thiazole rings is 1. The molecule has 0 fully saturated rings. The van der Waals surface area contributed by atoms with Crippen molar-refractivity contribution in [2.24, 2.45) is 0 Å². The molecule has 0 aliphatic rings. The van der Waals surface area contributed by atoms with Crippen LogP contribution in [0.4, 0.5) is 5.82 Å². The topological polar surface area (TPSA) is 57.8 Å². The molecule has 6 heteroatoms. The van der Waals surface area contributed by atoms with Gasteiger partial charge in [0.1, 0.15) is 0 Å². The summed E-state index contributed by atoms with van der Waals surface area (Å²) in [5, 5.41) is 10.6. The Labute approximate surface area is 103 Å². The maximum atomic E-state index is 10.6. The molecule has 0 bridgehead atoms. The van der Waals surface area contributed by atoms with Gasteiger partial charge in [0.05, 0.1) is 5.69 Å². The number of rotatable bonds is 4. The average Bonchev–Trinajstić information content (AvgIpc) is 2.85. The quantitative estimate of drug-likeness (QED) is 0.844. The van der Waals surface area contributed by atoms with Crippen LogP contribution in [0.3, 0.4) is 0 Å². The van der Waals surface area contributed by atoms with Crippen LogP contribution in [-0.2, 0) is 4.79 Å². The van der Waals surface area contributed by atoms with Crippen LogP contribution in [-0.4, -0.2) is 34.1 Å². The van der Waals surface area contributed by atoms with E-state index in [1.54, 1.807) is 6.08 Å². The highest BCUT2D eigenvalue weighted by Crippen LogP contribution is 2.24. The number of carboxylic acids is 1. The Balaban J connectivity index is 2.54. The molecular weight excluding hydrogens is 238 g/mol. The molecule has 0 spiro atoms. The summed E-state index contributed by atoms with van der Waals surface area (Å²) in [7, 11) is 1.94. The SMILES string of the molecule is CCN(C)c1nc2sccn2c1/C=C/C(=O)O. The van der Waals surface area contributed by atoms with E-state index < -0.39 is 5.97 Å². The van der Waals surface area contributed by atoms with Crippen molar-refractivity contribution in [3.05, 3.63) is 23.3 Å². The fraction of sp³-hybridized carbons (Fsp3) is 0.273. The highest BCUT2D eigenvalue weighted by Gasteiger charge is 2.13. The zero-order valence-corrected chi connectivity index (χ0v) is 10.4. The van der Waals surface area contributed by atoms with E-state index in [1.807, 2.05) is 34.8 Å². The lowest BCUT2D eigenvalue weighted by Crippen LogP contribution is -2.17. The van der Waals surface area contributed by atoms with Gasteiger partial charge in [-0.3, -0.25) is 4.40 Å². The van der Waals surface area contributed by atoms with Gasteiger partial charge in [-0.1, -0.05) is 0 Å². The van der Waals surface area contributed by atoms with E-state index in [4.69, 9.17) is 5.11 Å². The molecule has 0 unspecified atom stereocenters. The number of nitrogens with zero attached hydrogens (tertiary/aromatic N) is 3. The van der Waals surface area contributed by atoms with E-state index in [0.717, 1.165) is 29.1 Å². The first-order valence-corrected chi connectivity index (χ1v) is 6.09. The van der Waals surface area contributed by atoms with Gasteiger partial charge in [-0.15, -0.1) is 11.3 Å². The third-order valence-electron chi connectivity index (χ3n) is 2.50. The Hall–Kier alpha value is -1.82.